The Morgan fingerprint density at radius 2 is 1.30 bits per heavy atom. The Morgan fingerprint density at radius 3 is 1.57 bits per heavy atom. The number of rotatable bonds is 5. The van der Waals surface area contributed by atoms with E-state index in [1.165, 1.54) is 32.4 Å². The molecule has 0 atom stereocenters. The van der Waals surface area contributed by atoms with Gasteiger partial charge in [-0.1, -0.05) is 19.7 Å². The molecule has 0 aliphatic carbocycles. The zero-order chi connectivity index (χ0) is 17.3. The molecule has 2 aliphatic heterocycles. The molecule has 0 N–H and O–H groups in total. The van der Waals surface area contributed by atoms with E-state index in [0.717, 1.165) is 39.4 Å². The summed E-state index contributed by atoms with van der Waals surface area (Å²) in [5, 5.41) is 0. The summed E-state index contributed by atoms with van der Waals surface area (Å²) in [5.74, 6) is 0. The van der Waals surface area contributed by atoms with E-state index in [9.17, 15) is 0 Å². The zero-order valence-electron chi connectivity index (χ0n) is 15.4. The number of morpholine rings is 1. The van der Waals surface area contributed by atoms with Crippen LogP contribution in [-0.4, -0.2) is 67.2 Å². The van der Waals surface area contributed by atoms with E-state index in [-0.39, 0.29) is 0 Å². The Hall–Kier alpha value is -1.42. The predicted molar refractivity (Wildman–Crippen MR) is 101 cm³/mol. The molecule has 0 saturated carbocycles. The third kappa shape index (κ3) is 11.8. The first-order chi connectivity index (χ1) is 11.2. The second-order valence-electron chi connectivity index (χ2n) is 5.51. The Morgan fingerprint density at radius 1 is 0.826 bits per heavy atom. The first-order valence-electron chi connectivity index (χ1n) is 8.89. The van der Waals surface area contributed by atoms with E-state index in [4.69, 9.17) is 4.74 Å². The first kappa shape index (κ1) is 21.6. The fourth-order valence-electron chi connectivity index (χ4n) is 2.34. The van der Waals surface area contributed by atoms with Crippen LogP contribution in [0, 0.1) is 0 Å². The molecule has 2 saturated heterocycles. The van der Waals surface area contributed by atoms with Crippen LogP contribution in [0.2, 0.25) is 0 Å². The van der Waals surface area contributed by atoms with Crippen molar-refractivity contribution in [3.05, 3.63) is 38.3 Å². The fourth-order valence-corrected chi connectivity index (χ4v) is 2.34. The van der Waals surface area contributed by atoms with Crippen molar-refractivity contribution in [1.82, 2.24) is 14.7 Å². The van der Waals surface area contributed by atoms with Gasteiger partial charge in [0.15, 0.2) is 0 Å². The van der Waals surface area contributed by atoms with Gasteiger partial charge in [-0.3, -0.25) is 0 Å². The Kier molecular flexibility index (Phi) is 14.5. The molecule has 2 heterocycles. The van der Waals surface area contributed by atoms with Gasteiger partial charge < -0.3 is 19.4 Å². The quantitative estimate of drug-likeness (QED) is 0.770. The summed E-state index contributed by atoms with van der Waals surface area (Å²) >= 11 is 0. The molecule has 4 nitrogen and oxygen atoms in total. The highest BCUT2D eigenvalue weighted by Gasteiger charge is 2.03. The van der Waals surface area contributed by atoms with Crippen molar-refractivity contribution in [2.24, 2.45) is 0 Å². The number of piperidine rings is 1. The molecule has 0 spiro atoms. The Balaban J connectivity index is 0.000000317. The van der Waals surface area contributed by atoms with Gasteiger partial charge in [-0.05, 0) is 51.7 Å². The molecule has 2 fully saturated rings. The molecule has 2 rings (SSSR count). The molecule has 0 bridgehead atoms. The van der Waals surface area contributed by atoms with E-state index in [1.54, 1.807) is 0 Å². The van der Waals surface area contributed by atoms with E-state index in [0.29, 0.717) is 0 Å². The maximum Gasteiger partial charge on any atom is 0.0642 e. The van der Waals surface area contributed by atoms with Gasteiger partial charge in [-0.15, -0.1) is 0 Å². The van der Waals surface area contributed by atoms with Gasteiger partial charge in [0.1, 0.15) is 0 Å². The van der Waals surface area contributed by atoms with E-state index in [2.05, 4.69) is 48.3 Å². The van der Waals surface area contributed by atoms with E-state index >= 15 is 0 Å². The Labute approximate surface area is 144 Å². The molecule has 134 valence electrons. The molecule has 4 heteroatoms. The summed E-state index contributed by atoms with van der Waals surface area (Å²) in [6, 6.07) is 0. The number of hydrogen-bond donors (Lipinski definition) is 0. The smallest absolute Gasteiger partial charge is 0.0642 e. The van der Waals surface area contributed by atoms with Gasteiger partial charge in [0.05, 0.1) is 13.2 Å². The summed E-state index contributed by atoms with van der Waals surface area (Å²) in [5.41, 5.74) is 0. The predicted octanol–water partition coefficient (Wildman–Crippen LogP) is 3.55. The molecule has 0 aromatic rings. The van der Waals surface area contributed by atoms with Crippen molar-refractivity contribution in [3.8, 4) is 0 Å². The molecule has 0 unspecified atom stereocenters. The summed E-state index contributed by atoms with van der Waals surface area (Å²) in [6.07, 6.45) is 9.78. The lowest BCUT2D eigenvalue weighted by molar-refractivity contribution is 0.0596. The molecule has 0 radical (unpaired) electrons. The minimum Gasteiger partial charge on any atom is -0.378 e. The number of ether oxygens (including phenoxy) is 1. The third-order valence-electron chi connectivity index (χ3n) is 4.02. The average Bonchev–Trinajstić information content (AvgIpc) is 2.65. The van der Waals surface area contributed by atoms with Crippen LogP contribution < -0.4 is 0 Å². The molecular formula is C19H37N3O. The highest BCUT2D eigenvalue weighted by molar-refractivity contribution is 4.74. The first-order valence-corrected chi connectivity index (χ1v) is 8.89. The molecule has 0 aromatic carbocycles. The van der Waals surface area contributed by atoms with Crippen molar-refractivity contribution < 1.29 is 4.74 Å². The van der Waals surface area contributed by atoms with Crippen LogP contribution in [0.5, 0.6) is 0 Å². The van der Waals surface area contributed by atoms with Crippen molar-refractivity contribution in [1.29, 1.82) is 0 Å². The topological polar surface area (TPSA) is 19.0 Å². The second kappa shape index (κ2) is 15.5. The van der Waals surface area contributed by atoms with Gasteiger partial charge >= 0.3 is 0 Å². The Bertz CT molecular complexity index is 269. The summed E-state index contributed by atoms with van der Waals surface area (Å²) in [7, 11) is 0. The van der Waals surface area contributed by atoms with Crippen molar-refractivity contribution in [2.45, 2.75) is 33.1 Å². The fraction of sp³-hybridized carbons (Fsp3) is 0.684. The summed E-state index contributed by atoms with van der Waals surface area (Å²) in [6.45, 7) is 23.5. The van der Waals surface area contributed by atoms with E-state index in [1.807, 2.05) is 18.6 Å². The lowest BCUT2D eigenvalue weighted by atomic mass is 10.1. The van der Waals surface area contributed by atoms with Gasteiger partial charge in [0.2, 0.25) is 0 Å². The van der Waals surface area contributed by atoms with Gasteiger partial charge in [0.25, 0.3) is 0 Å². The van der Waals surface area contributed by atoms with Crippen LogP contribution in [-0.2, 0) is 4.74 Å². The number of likely N-dealkylation sites (tertiary alicyclic amines) is 1. The average molecular weight is 324 g/mol. The van der Waals surface area contributed by atoms with Gasteiger partial charge in [-0.25, -0.2) is 0 Å². The maximum absolute atomic E-state index is 5.11. The summed E-state index contributed by atoms with van der Waals surface area (Å²) in [4.78, 5) is 6.58. The monoisotopic (exact) mass is 323 g/mol. The summed E-state index contributed by atoms with van der Waals surface area (Å²) < 4.78 is 5.11. The van der Waals surface area contributed by atoms with Crippen LogP contribution in [0.4, 0.5) is 0 Å². The second-order valence-corrected chi connectivity index (χ2v) is 5.51. The van der Waals surface area contributed by atoms with Crippen molar-refractivity contribution in [3.63, 3.8) is 0 Å². The van der Waals surface area contributed by atoms with Crippen LogP contribution in [0.1, 0.15) is 33.1 Å². The van der Waals surface area contributed by atoms with Crippen LogP contribution in [0.25, 0.3) is 0 Å². The molecule has 2 aliphatic rings. The van der Waals surface area contributed by atoms with Gasteiger partial charge in [-0.2, -0.15) is 0 Å². The normalized spacial score (nSPS) is 17.0. The number of hydrogen-bond acceptors (Lipinski definition) is 4. The lowest BCUT2D eigenvalue weighted by Gasteiger charge is -2.24. The number of nitrogens with zero attached hydrogens (tertiary/aromatic N) is 3. The lowest BCUT2D eigenvalue weighted by Crippen LogP contribution is -2.31. The minimum atomic E-state index is 0.853. The molecule has 23 heavy (non-hydrogen) atoms. The third-order valence-corrected chi connectivity index (χ3v) is 4.02. The van der Waals surface area contributed by atoms with Crippen LogP contribution in [0.15, 0.2) is 38.3 Å². The maximum atomic E-state index is 5.11. The largest absolute Gasteiger partial charge is 0.378 e. The SMILES string of the molecule is C=CN(CC)CC.C=CN1CCCCC1.C=CN1CCOCC1. The molecule has 0 aromatic heterocycles. The zero-order valence-corrected chi connectivity index (χ0v) is 15.4. The van der Waals surface area contributed by atoms with E-state index < -0.39 is 0 Å². The van der Waals surface area contributed by atoms with Crippen molar-refractivity contribution in [2.75, 3.05) is 52.5 Å². The van der Waals surface area contributed by atoms with Crippen LogP contribution >= 0.6 is 0 Å². The molecular weight excluding hydrogens is 286 g/mol. The highest BCUT2D eigenvalue weighted by Crippen LogP contribution is 2.07. The van der Waals surface area contributed by atoms with Gasteiger partial charge in [0, 0.05) is 39.3 Å². The molecule has 0 amide bonds. The highest BCUT2D eigenvalue weighted by atomic mass is 16.5. The minimum absolute atomic E-state index is 0.853. The van der Waals surface area contributed by atoms with Crippen molar-refractivity contribution >= 4 is 0 Å². The van der Waals surface area contributed by atoms with Crippen LogP contribution in [0.3, 0.4) is 0 Å². The standard InChI is InChI=1S/C7H13N.C6H11NO.C6H13N/c1-2-8-6-4-3-5-7-8;1-2-7-3-5-8-6-4-7;1-4-7(5-2)6-3/h2H,1,3-7H2;2H,1,3-6H2;4H,1,5-6H2,2-3H3.